The number of unbranched alkanes of at least 4 members (excludes halogenated alkanes) is 2. The number of hydrogen-bond donors (Lipinski definition) is 1. The highest BCUT2D eigenvalue weighted by molar-refractivity contribution is 5.81. The van der Waals surface area contributed by atoms with Gasteiger partial charge in [-0.25, -0.2) is 0 Å². The van der Waals surface area contributed by atoms with Crippen molar-refractivity contribution in [2.24, 2.45) is 0 Å². The largest absolute Gasteiger partial charge is 0.396 e. The average molecular weight is 228 g/mol. The molecule has 0 aliphatic carbocycles. The fourth-order valence-electron chi connectivity index (χ4n) is 2.04. The van der Waals surface area contributed by atoms with Gasteiger partial charge in [0.15, 0.2) is 0 Å². The summed E-state index contributed by atoms with van der Waals surface area (Å²) in [7, 11) is 0. The molecule has 0 fully saturated rings. The third-order valence-corrected chi connectivity index (χ3v) is 2.96. The quantitative estimate of drug-likeness (QED) is 0.800. The van der Waals surface area contributed by atoms with Crippen molar-refractivity contribution in [1.29, 1.82) is 5.26 Å². The molecular weight excluding hydrogens is 212 g/mol. The van der Waals surface area contributed by atoms with Crippen LogP contribution in [0.15, 0.2) is 30.5 Å². The van der Waals surface area contributed by atoms with Crippen LogP contribution in [-0.4, -0.2) is 16.3 Å². The van der Waals surface area contributed by atoms with Gasteiger partial charge in [-0.05, 0) is 43.5 Å². The molecule has 1 heterocycles. The number of aromatic nitrogens is 1. The van der Waals surface area contributed by atoms with Crippen LogP contribution in [-0.2, 0) is 6.54 Å². The van der Waals surface area contributed by atoms with E-state index in [1.54, 1.807) is 0 Å². The normalized spacial score (nSPS) is 10.6. The summed E-state index contributed by atoms with van der Waals surface area (Å²) in [5, 5.41) is 18.7. The van der Waals surface area contributed by atoms with E-state index in [1.165, 1.54) is 5.52 Å². The van der Waals surface area contributed by atoms with E-state index in [2.05, 4.69) is 16.8 Å². The first-order valence-electron chi connectivity index (χ1n) is 5.95. The predicted molar refractivity (Wildman–Crippen MR) is 67.6 cm³/mol. The number of aliphatic hydroxyl groups is 1. The molecule has 0 aliphatic heterocycles. The topological polar surface area (TPSA) is 49.0 Å². The number of hydrogen-bond acceptors (Lipinski definition) is 2. The van der Waals surface area contributed by atoms with Gasteiger partial charge in [0.1, 0.15) is 0 Å². The minimum Gasteiger partial charge on any atom is -0.396 e. The molecule has 2 rings (SSSR count). The second-order valence-electron chi connectivity index (χ2n) is 4.18. The Bertz CT molecular complexity index is 537. The fraction of sp³-hybridized carbons (Fsp3) is 0.357. The summed E-state index contributed by atoms with van der Waals surface area (Å²) in [5.41, 5.74) is 1.88. The van der Waals surface area contributed by atoms with Gasteiger partial charge >= 0.3 is 0 Å². The van der Waals surface area contributed by atoms with E-state index in [1.807, 2.05) is 24.3 Å². The van der Waals surface area contributed by atoms with E-state index < -0.39 is 0 Å². The molecule has 0 spiro atoms. The van der Waals surface area contributed by atoms with Crippen molar-refractivity contribution < 1.29 is 5.11 Å². The molecule has 1 aromatic carbocycles. The Morgan fingerprint density at radius 3 is 2.82 bits per heavy atom. The zero-order valence-electron chi connectivity index (χ0n) is 9.76. The van der Waals surface area contributed by atoms with Gasteiger partial charge in [0.25, 0.3) is 0 Å². The number of rotatable bonds is 5. The van der Waals surface area contributed by atoms with Crippen molar-refractivity contribution in [3.8, 4) is 6.07 Å². The minimum absolute atomic E-state index is 0.276. The lowest BCUT2D eigenvalue weighted by Gasteiger charge is -2.04. The lowest BCUT2D eigenvalue weighted by atomic mass is 10.2. The molecule has 0 unspecified atom stereocenters. The van der Waals surface area contributed by atoms with Gasteiger partial charge in [-0.2, -0.15) is 5.26 Å². The zero-order valence-corrected chi connectivity index (χ0v) is 9.76. The summed E-state index contributed by atoms with van der Waals surface area (Å²) in [4.78, 5) is 0. The number of fused-ring (bicyclic) bond motifs is 1. The average Bonchev–Trinajstić information content (AvgIpc) is 2.77. The molecule has 1 aromatic heterocycles. The molecule has 2 aromatic rings. The number of nitriles is 1. The lowest BCUT2D eigenvalue weighted by Crippen LogP contribution is -1.96. The number of aliphatic hydroxyl groups excluding tert-OH is 1. The van der Waals surface area contributed by atoms with Crippen molar-refractivity contribution in [2.45, 2.75) is 25.8 Å². The van der Waals surface area contributed by atoms with E-state index >= 15 is 0 Å². The van der Waals surface area contributed by atoms with Crippen molar-refractivity contribution in [2.75, 3.05) is 6.61 Å². The van der Waals surface area contributed by atoms with Gasteiger partial charge in [0, 0.05) is 30.3 Å². The van der Waals surface area contributed by atoms with Gasteiger partial charge in [-0.1, -0.05) is 0 Å². The maximum atomic E-state index is 8.82. The Hall–Kier alpha value is -1.79. The highest BCUT2D eigenvalue weighted by atomic mass is 16.2. The number of benzene rings is 1. The Labute approximate surface area is 101 Å². The van der Waals surface area contributed by atoms with Gasteiger partial charge in [-0.3, -0.25) is 0 Å². The van der Waals surface area contributed by atoms with E-state index in [-0.39, 0.29) is 6.61 Å². The summed E-state index contributed by atoms with van der Waals surface area (Å²) < 4.78 is 2.20. The molecule has 0 amide bonds. The Morgan fingerprint density at radius 1 is 1.18 bits per heavy atom. The highest BCUT2D eigenvalue weighted by Crippen LogP contribution is 2.18. The molecule has 0 atom stereocenters. The van der Waals surface area contributed by atoms with Gasteiger partial charge in [-0.15, -0.1) is 0 Å². The highest BCUT2D eigenvalue weighted by Gasteiger charge is 2.01. The van der Waals surface area contributed by atoms with Crippen LogP contribution in [0.2, 0.25) is 0 Å². The van der Waals surface area contributed by atoms with Crippen LogP contribution in [0.3, 0.4) is 0 Å². The third-order valence-electron chi connectivity index (χ3n) is 2.96. The monoisotopic (exact) mass is 228 g/mol. The molecule has 0 aliphatic rings. The summed E-state index contributed by atoms with van der Waals surface area (Å²) in [6.45, 7) is 1.24. The first kappa shape index (κ1) is 11.7. The Balaban J connectivity index is 2.11. The van der Waals surface area contributed by atoms with Crippen molar-refractivity contribution in [3.63, 3.8) is 0 Å². The van der Waals surface area contributed by atoms with E-state index in [0.29, 0.717) is 5.56 Å². The summed E-state index contributed by atoms with van der Waals surface area (Å²) in [5.74, 6) is 0. The Morgan fingerprint density at radius 2 is 2.06 bits per heavy atom. The molecule has 1 N–H and O–H groups in total. The molecule has 0 bridgehead atoms. The summed E-state index contributed by atoms with van der Waals surface area (Å²) in [6, 6.07) is 9.96. The minimum atomic E-state index is 0.276. The molecule has 0 saturated heterocycles. The van der Waals surface area contributed by atoms with Crippen LogP contribution < -0.4 is 0 Å². The summed E-state index contributed by atoms with van der Waals surface area (Å²) in [6.07, 6.45) is 5.05. The first-order valence-corrected chi connectivity index (χ1v) is 5.95. The first-order chi connectivity index (χ1) is 8.35. The number of aryl methyl sites for hydroxylation is 1. The molecule has 88 valence electrons. The second-order valence-corrected chi connectivity index (χ2v) is 4.18. The van der Waals surface area contributed by atoms with E-state index in [0.717, 1.165) is 31.2 Å². The molecule has 17 heavy (non-hydrogen) atoms. The van der Waals surface area contributed by atoms with Crippen LogP contribution >= 0.6 is 0 Å². The maximum Gasteiger partial charge on any atom is 0.0991 e. The molecule has 3 heteroatoms. The smallest absolute Gasteiger partial charge is 0.0991 e. The van der Waals surface area contributed by atoms with Crippen LogP contribution in [0.1, 0.15) is 24.8 Å². The second kappa shape index (κ2) is 5.51. The number of nitrogens with zero attached hydrogens (tertiary/aromatic N) is 2. The zero-order chi connectivity index (χ0) is 12.1. The molecule has 0 radical (unpaired) electrons. The van der Waals surface area contributed by atoms with Crippen LogP contribution in [0.25, 0.3) is 10.9 Å². The SMILES string of the molecule is N#Cc1ccc2c(ccn2CCCCCO)c1. The standard InChI is InChI=1S/C14H16N2O/c15-11-12-4-5-14-13(10-12)6-8-16(14)7-2-1-3-9-17/h4-6,8,10,17H,1-3,7,9H2. The van der Waals surface area contributed by atoms with Gasteiger partial charge in [0.05, 0.1) is 11.6 Å². The molecule has 0 saturated carbocycles. The molecule has 3 nitrogen and oxygen atoms in total. The van der Waals surface area contributed by atoms with E-state index in [4.69, 9.17) is 10.4 Å². The Kier molecular flexibility index (Phi) is 3.79. The van der Waals surface area contributed by atoms with Gasteiger partial charge < -0.3 is 9.67 Å². The van der Waals surface area contributed by atoms with Crippen LogP contribution in [0.4, 0.5) is 0 Å². The molecular formula is C14H16N2O. The van der Waals surface area contributed by atoms with E-state index in [9.17, 15) is 0 Å². The lowest BCUT2D eigenvalue weighted by molar-refractivity contribution is 0.282. The predicted octanol–water partition coefficient (Wildman–Crippen LogP) is 2.68. The maximum absolute atomic E-state index is 8.82. The van der Waals surface area contributed by atoms with Crippen LogP contribution in [0.5, 0.6) is 0 Å². The van der Waals surface area contributed by atoms with Crippen molar-refractivity contribution in [1.82, 2.24) is 4.57 Å². The van der Waals surface area contributed by atoms with Crippen molar-refractivity contribution in [3.05, 3.63) is 36.0 Å². The summed E-state index contributed by atoms with van der Waals surface area (Å²) >= 11 is 0. The van der Waals surface area contributed by atoms with Gasteiger partial charge in [0.2, 0.25) is 0 Å². The van der Waals surface area contributed by atoms with Crippen molar-refractivity contribution >= 4 is 10.9 Å². The third kappa shape index (κ3) is 2.66. The fourth-order valence-corrected chi connectivity index (χ4v) is 2.04. The van der Waals surface area contributed by atoms with Crippen LogP contribution in [0, 0.1) is 11.3 Å².